The summed E-state index contributed by atoms with van der Waals surface area (Å²) in [6, 6.07) is 11.7. The van der Waals surface area contributed by atoms with Crippen molar-refractivity contribution in [1.29, 1.82) is 0 Å². The highest BCUT2D eigenvalue weighted by atomic mass is 32.1. The van der Waals surface area contributed by atoms with Gasteiger partial charge in [0.15, 0.2) is 5.11 Å². The van der Waals surface area contributed by atoms with Crippen LogP contribution >= 0.6 is 23.6 Å². The van der Waals surface area contributed by atoms with Crippen LogP contribution in [-0.4, -0.2) is 28.0 Å². The van der Waals surface area contributed by atoms with E-state index in [1.807, 2.05) is 54.2 Å². The molecule has 2 aromatic heterocycles. The Morgan fingerprint density at radius 3 is 2.85 bits per heavy atom. The van der Waals surface area contributed by atoms with E-state index in [2.05, 4.69) is 15.7 Å². The number of thiophene rings is 1. The molecule has 6 nitrogen and oxygen atoms in total. The highest BCUT2D eigenvalue weighted by Crippen LogP contribution is 2.29. The summed E-state index contributed by atoms with van der Waals surface area (Å²) in [6.07, 6.45) is 4.51. The number of nitrogens with zero attached hydrogens (tertiary/aromatic N) is 2. The van der Waals surface area contributed by atoms with E-state index in [-0.39, 0.29) is 5.97 Å². The molecule has 2 heterocycles. The van der Waals surface area contributed by atoms with Gasteiger partial charge < -0.3 is 15.4 Å². The summed E-state index contributed by atoms with van der Waals surface area (Å²) in [5.74, 6) is -0.377. The molecule has 1 aromatic carbocycles. The zero-order valence-corrected chi connectivity index (χ0v) is 16.7. The first kappa shape index (κ1) is 19.1. The average molecular weight is 401 g/mol. The summed E-state index contributed by atoms with van der Waals surface area (Å²) in [5.41, 5.74) is 2.46. The monoisotopic (exact) mass is 400 g/mol. The zero-order chi connectivity index (χ0) is 19.2. The van der Waals surface area contributed by atoms with E-state index in [1.54, 1.807) is 6.20 Å². The number of aromatic nitrogens is 2. The summed E-state index contributed by atoms with van der Waals surface area (Å²) in [5, 5.41) is 11.6. The number of hydrogen-bond acceptors (Lipinski definition) is 5. The largest absolute Gasteiger partial charge is 0.465 e. The van der Waals surface area contributed by atoms with E-state index in [9.17, 15) is 4.79 Å². The van der Waals surface area contributed by atoms with Crippen molar-refractivity contribution >= 4 is 45.3 Å². The van der Waals surface area contributed by atoms with Gasteiger partial charge in [-0.25, -0.2) is 4.79 Å². The average Bonchev–Trinajstić information content (AvgIpc) is 3.31. The minimum Gasteiger partial charge on any atom is -0.465 e. The van der Waals surface area contributed by atoms with E-state index in [0.717, 1.165) is 22.5 Å². The third kappa shape index (κ3) is 4.93. The third-order valence-corrected chi connectivity index (χ3v) is 5.25. The van der Waals surface area contributed by atoms with Gasteiger partial charge in [0.1, 0.15) is 5.00 Å². The summed E-state index contributed by atoms with van der Waals surface area (Å²) >= 11 is 6.92. The fraction of sp³-hybridized carbons (Fsp3) is 0.211. The molecule has 3 rings (SSSR count). The minimum absolute atomic E-state index is 0.377. The molecular weight excluding hydrogens is 380 g/mol. The van der Waals surface area contributed by atoms with E-state index in [1.165, 1.54) is 18.4 Å². The lowest BCUT2D eigenvalue weighted by Crippen LogP contribution is -2.20. The van der Waals surface area contributed by atoms with Crippen molar-refractivity contribution in [2.24, 2.45) is 0 Å². The third-order valence-electron chi connectivity index (χ3n) is 3.85. The Bertz CT molecular complexity index is 935. The van der Waals surface area contributed by atoms with Gasteiger partial charge in [-0.3, -0.25) is 4.68 Å². The van der Waals surface area contributed by atoms with E-state index < -0.39 is 0 Å². The Kier molecular flexibility index (Phi) is 6.20. The zero-order valence-electron chi connectivity index (χ0n) is 15.1. The number of methoxy groups -OCH3 is 1. The molecule has 0 aliphatic carbocycles. The Morgan fingerprint density at radius 2 is 2.15 bits per heavy atom. The van der Waals surface area contributed by atoms with Gasteiger partial charge in [-0.15, -0.1) is 11.3 Å². The number of ether oxygens (including phenoxy) is 1. The van der Waals surface area contributed by atoms with Gasteiger partial charge in [-0.1, -0.05) is 19.1 Å². The number of benzene rings is 1. The van der Waals surface area contributed by atoms with Crippen molar-refractivity contribution < 1.29 is 9.53 Å². The van der Waals surface area contributed by atoms with Crippen molar-refractivity contribution in [1.82, 2.24) is 9.78 Å². The number of rotatable bonds is 6. The molecule has 0 amide bonds. The molecule has 0 fully saturated rings. The van der Waals surface area contributed by atoms with Crippen molar-refractivity contribution in [2.45, 2.75) is 19.9 Å². The van der Waals surface area contributed by atoms with Gasteiger partial charge in [0.2, 0.25) is 0 Å². The molecule has 0 aliphatic rings. The molecule has 0 unspecified atom stereocenters. The maximum atomic E-state index is 12.0. The van der Waals surface area contributed by atoms with Crippen LogP contribution in [0.5, 0.6) is 0 Å². The van der Waals surface area contributed by atoms with Gasteiger partial charge in [0.05, 0.1) is 19.2 Å². The van der Waals surface area contributed by atoms with Gasteiger partial charge in [-0.05, 0) is 48.5 Å². The molecule has 8 heteroatoms. The topological polar surface area (TPSA) is 68.2 Å². The van der Waals surface area contributed by atoms with Crippen LogP contribution < -0.4 is 10.6 Å². The molecule has 27 heavy (non-hydrogen) atoms. The fourth-order valence-corrected chi connectivity index (χ4v) is 3.84. The minimum atomic E-state index is -0.377. The molecule has 0 saturated carbocycles. The fourth-order valence-electron chi connectivity index (χ4n) is 2.56. The second kappa shape index (κ2) is 8.79. The first-order valence-electron chi connectivity index (χ1n) is 8.44. The maximum absolute atomic E-state index is 12.0. The standard InChI is InChI=1S/C19H20N4O2S2/c1-3-15-11-16(18(24)25-2)17(27-15)22-19(26)21-14-7-4-6-13(10-14)12-23-9-5-8-20-23/h4-11H,3,12H2,1-2H3,(H2,21,22,26). The molecule has 0 saturated heterocycles. The number of esters is 1. The molecule has 0 atom stereocenters. The van der Waals surface area contributed by atoms with Crippen LogP contribution in [0.1, 0.15) is 27.7 Å². The molecule has 2 N–H and O–H groups in total. The number of hydrogen-bond donors (Lipinski definition) is 2. The number of nitrogens with one attached hydrogen (secondary N) is 2. The molecule has 0 aliphatic heterocycles. The number of aryl methyl sites for hydroxylation is 1. The smallest absolute Gasteiger partial charge is 0.340 e. The Balaban J connectivity index is 1.69. The highest BCUT2D eigenvalue weighted by molar-refractivity contribution is 7.80. The lowest BCUT2D eigenvalue weighted by Gasteiger charge is -2.11. The summed E-state index contributed by atoms with van der Waals surface area (Å²) in [7, 11) is 1.37. The van der Waals surface area contributed by atoms with Gasteiger partial charge >= 0.3 is 5.97 Å². The maximum Gasteiger partial charge on any atom is 0.340 e. The van der Waals surface area contributed by atoms with E-state index in [4.69, 9.17) is 17.0 Å². The van der Waals surface area contributed by atoms with Crippen molar-refractivity contribution in [3.63, 3.8) is 0 Å². The SMILES string of the molecule is CCc1cc(C(=O)OC)c(NC(=S)Nc2cccc(Cn3cccn3)c2)s1. The van der Waals surface area contributed by atoms with Crippen LogP contribution in [0, 0.1) is 0 Å². The second-order valence-electron chi connectivity index (χ2n) is 5.78. The predicted octanol–water partition coefficient (Wildman–Crippen LogP) is 4.15. The van der Waals surface area contributed by atoms with Crippen LogP contribution in [-0.2, 0) is 17.7 Å². The van der Waals surface area contributed by atoms with Crippen LogP contribution in [0.15, 0.2) is 48.8 Å². The van der Waals surface area contributed by atoms with Gasteiger partial charge in [0, 0.05) is 23.0 Å². The first-order chi connectivity index (χ1) is 13.1. The quantitative estimate of drug-likeness (QED) is 0.479. The van der Waals surface area contributed by atoms with Crippen molar-refractivity contribution in [2.75, 3.05) is 17.7 Å². The number of anilines is 2. The summed E-state index contributed by atoms with van der Waals surface area (Å²) < 4.78 is 6.71. The lowest BCUT2D eigenvalue weighted by molar-refractivity contribution is 0.0602. The summed E-state index contributed by atoms with van der Waals surface area (Å²) in [4.78, 5) is 13.1. The molecule has 0 bridgehead atoms. The van der Waals surface area contributed by atoms with Crippen LogP contribution in [0.4, 0.5) is 10.7 Å². The molecule has 140 valence electrons. The number of carbonyl (C=O) groups is 1. The van der Waals surface area contributed by atoms with Crippen molar-refractivity contribution in [3.05, 3.63) is 64.8 Å². The number of carbonyl (C=O) groups excluding carboxylic acids is 1. The van der Waals surface area contributed by atoms with Gasteiger partial charge in [0.25, 0.3) is 0 Å². The number of thiocarbonyl (C=S) groups is 1. The van der Waals surface area contributed by atoms with Crippen molar-refractivity contribution in [3.8, 4) is 0 Å². The Morgan fingerprint density at radius 1 is 1.30 bits per heavy atom. The molecule has 3 aromatic rings. The molecule has 0 radical (unpaired) electrons. The second-order valence-corrected chi connectivity index (χ2v) is 7.33. The Labute approximate surface area is 167 Å². The van der Waals surface area contributed by atoms with E-state index in [0.29, 0.717) is 22.2 Å². The molecule has 0 spiro atoms. The van der Waals surface area contributed by atoms with Crippen LogP contribution in [0.2, 0.25) is 0 Å². The highest BCUT2D eigenvalue weighted by Gasteiger charge is 2.17. The van der Waals surface area contributed by atoms with E-state index >= 15 is 0 Å². The van der Waals surface area contributed by atoms with Gasteiger partial charge in [-0.2, -0.15) is 5.10 Å². The summed E-state index contributed by atoms with van der Waals surface area (Å²) in [6.45, 7) is 2.72. The lowest BCUT2D eigenvalue weighted by atomic mass is 10.2. The molecular formula is C19H20N4O2S2. The van der Waals surface area contributed by atoms with Crippen LogP contribution in [0.3, 0.4) is 0 Å². The Hall–Kier alpha value is -2.71. The predicted molar refractivity (Wildman–Crippen MR) is 113 cm³/mol. The first-order valence-corrected chi connectivity index (χ1v) is 9.67. The van der Waals surface area contributed by atoms with Crippen LogP contribution in [0.25, 0.3) is 0 Å². The normalized spacial score (nSPS) is 10.4.